The molecule has 0 saturated heterocycles. The van der Waals surface area contributed by atoms with Crippen LogP contribution >= 0.6 is 0 Å². The molecule has 0 radical (unpaired) electrons. The van der Waals surface area contributed by atoms with Gasteiger partial charge in [0, 0.05) is 11.9 Å². The van der Waals surface area contributed by atoms with Crippen LogP contribution in [0.1, 0.15) is 154 Å². The van der Waals surface area contributed by atoms with Gasteiger partial charge < -0.3 is 29.3 Å². The summed E-state index contributed by atoms with van der Waals surface area (Å²) in [6.07, 6.45) is 18.3. The summed E-state index contributed by atoms with van der Waals surface area (Å²) in [6.45, 7) is 0.666. The largest absolute Gasteiger partial charge is 1.00 e. The SMILES string of the molecule is O=C([O-])CCC(=O)OCCCCCCCCCCCCS(=O)(=O)O.O=C([O-])CCC(=O)OCCCCCCCCCCCCS(=O)(=O)O.[Na+].[Na+]. The van der Waals surface area contributed by atoms with Gasteiger partial charge in [-0.25, -0.2) is 0 Å². The zero-order valence-corrected chi connectivity index (χ0v) is 36.0. The molecule has 0 aliphatic carbocycles. The average Bonchev–Trinajstić information content (AvgIpc) is 2.98. The molecule has 0 heterocycles. The van der Waals surface area contributed by atoms with Gasteiger partial charge >= 0.3 is 71.1 Å². The Kier molecular flexibility index (Phi) is 43.4. The zero-order valence-electron chi connectivity index (χ0n) is 30.4. The number of hydrogen-bond acceptors (Lipinski definition) is 12. The van der Waals surface area contributed by atoms with E-state index < -0.39 is 44.1 Å². The Morgan fingerprint density at radius 2 is 0.620 bits per heavy atom. The predicted octanol–water partition coefficient (Wildman–Crippen LogP) is -2.30. The minimum atomic E-state index is -3.81. The molecular formula is C32H58Na2O14S2. The third-order valence-corrected chi connectivity index (χ3v) is 8.80. The molecule has 0 aliphatic heterocycles. The van der Waals surface area contributed by atoms with E-state index in [9.17, 15) is 46.2 Å². The van der Waals surface area contributed by atoms with Gasteiger partial charge in [-0.3, -0.25) is 18.7 Å². The molecule has 14 nitrogen and oxygen atoms in total. The van der Waals surface area contributed by atoms with Crippen LogP contribution in [0.4, 0.5) is 0 Å². The van der Waals surface area contributed by atoms with E-state index in [1.165, 1.54) is 0 Å². The molecule has 0 aromatic carbocycles. The standard InChI is InChI=1S/2C16H30O7S.2Na/c2*17-15(18)11-12-16(19)23-13-9-7-5-3-1-2-4-6-8-10-14-24(20,21)22;;/h2*1-14H2,(H,17,18)(H,20,21,22);;/q;;2*+1/p-2. The van der Waals surface area contributed by atoms with Crippen LogP contribution in [0.2, 0.25) is 0 Å². The monoisotopic (exact) mass is 776 g/mol. The van der Waals surface area contributed by atoms with E-state index in [2.05, 4.69) is 0 Å². The molecule has 0 unspecified atom stereocenters. The molecule has 18 heteroatoms. The summed E-state index contributed by atoms with van der Waals surface area (Å²) in [4.78, 5) is 42.6. The Morgan fingerprint density at radius 1 is 0.400 bits per heavy atom. The summed E-state index contributed by atoms with van der Waals surface area (Å²) in [5, 5.41) is 20.3. The maximum Gasteiger partial charge on any atom is 1.00 e. The summed E-state index contributed by atoms with van der Waals surface area (Å²) in [5.41, 5.74) is 0. The van der Waals surface area contributed by atoms with Crippen LogP contribution in [0.15, 0.2) is 0 Å². The first-order valence-electron chi connectivity index (χ1n) is 17.2. The second-order valence-corrected chi connectivity index (χ2v) is 15.0. The van der Waals surface area contributed by atoms with E-state index >= 15 is 0 Å². The van der Waals surface area contributed by atoms with Crippen molar-refractivity contribution in [2.45, 2.75) is 154 Å². The quantitative estimate of drug-likeness (QED) is 0.0316. The van der Waals surface area contributed by atoms with Crippen LogP contribution in [-0.2, 0) is 48.9 Å². The number of unbranched alkanes of at least 4 members (excludes halogenated alkanes) is 18. The Morgan fingerprint density at radius 3 is 0.840 bits per heavy atom. The van der Waals surface area contributed by atoms with E-state index in [0.29, 0.717) is 26.1 Å². The molecule has 0 bridgehead atoms. The summed E-state index contributed by atoms with van der Waals surface area (Å²) in [7, 11) is -7.62. The molecule has 50 heavy (non-hydrogen) atoms. The van der Waals surface area contributed by atoms with Crippen molar-refractivity contribution in [1.82, 2.24) is 0 Å². The van der Waals surface area contributed by atoms with Crippen LogP contribution < -0.4 is 69.3 Å². The van der Waals surface area contributed by atoms with Crippen molar-refractivity contribution in [3.8, 4) is 0 Å². The van der Waals surface area contributed by atoms with Gasteiger partial charge in [0.05, 0.1) is 37.6 Å². The number of ether oxygens (including phenoxy) is 2. The molecule has 0 atom stereocenters. The molecular weight excluding hydrogens is 718 g/mol. The van der Waals surface area contributed by atoms with E-state index in [0.717, 1.165) is 116 Å². The second-order valence-electron chi connectivity index (χ2n) is 11.8. The van der Waals surface area contributed by atoms with Gasteiger partial charge in [-0.05, 0) is 38.5 Å². The van der Waals surface area contributed by atoms with Crippen molar-refractivity contribution in [3.05, 3.63) is 0 Å². The van der Waals surface area contributed by atoms with Gasteiger partial charge in [-0.2, -0.15) is 16.8 Å². The normalized spacial score (nSPS) is 10.9. The molecule has 0 fully saturated rings. The predicted molar refractivity (Wildman–Crippen MR) is 176 cm³/mol. The summed E-state index contributed by atoms with van der Waals surface area (Å²) in [6, 6.07) is 0. The third-order valence-electron chi connectivity index (χ3n) is 7.19. The second kappa shape index (κ2) is 38.4. The van der Waals surface area contributed by atoms with Crippen molar-refractivity contribution >= 4 is 44.1 Å². The van der Waals surface area contributed by atoms with E-state index in [1.807, 2.05) is 0 Å². The summed E-state index contributed by atoms with van der Waals surface area (Å²) in [5.74, 6) is -3.77. The molecule has 0 amide bonds. The number of rotatable bonds is 32. The number of hydrogen-bond donors (Lipinski definition) is 2. The van der Waals surface area contributed by atoms with Gasteiger partial charge in [0.25, 0.3) is 20.2 Å². The number of esters is 2. The average molecular weight is 777 g/mol. The first kappa shape index (κ1) is 56.4. The van der Waals surface area contributed by atoms with Crippen molar-refractivity contribution in [2.75, 3.05) is 24.7 Å². The maximum absolute atomic E-state index is 11.1. The van der Waals surface area contributed by atoms with Gasteiger partial charge in [0.1, 0.15) is 0 Å². The fraction of sp³-hybridized carbons (Fsp3) is 0.875. The first-order valence-corrected chi connectivity index (χ1v) is 20.5. The van der Waals surface area contributed by atoms with E-state index in [4.69, 9.17) is 18.6 Å². The number of carboxylic acid groups (broad SMARTS) is 2. The van der Waals surface area contributed by atoms with E-state index in [-0.39, 0.29) is 96.3 Å². The van der Waals surface area contributed by atoms with Crippen molar-refractivity contribution in [1.29, 1.82) is 0 Å². The van der Waals surface area contributed by atoms with E-state index in [1.54, 1.807) is 0 Å². The first-order chi connectivity index (χ1) is 22.6. The Balaban J connectivity index is -0.000000407. The van der Waals surface area contributed by atoms with Crippen LogP contribution in [-0.4, -0.2) is 74.5 Å². The molecule has 0 aromatic rings. The number of carbonyl (C=O) groups is 4. The Hall–Kier alpha value is -0.300. The summed E-state index contributed by atoms with van der Waals surface area (Å²) >= 11 is 0. The fourth-order valence-corrected chi connectivity index (χ4v) is 5.66. The minimum Gasteiger partial charge on any atom is -0.550 e. The van der Waals surface area contributed by atoms with Crippen LogP contribution in [0.5, 0.6) is 0 Å². The Labute approximate surface area is 344 Å². The smallest absolute Gasteiger partial charge is 0.550 e. The molecule has 0 aliphatic rings. The minimum absolute atomic E-state index is 0. The van der Waals surface area contributed by atoms with Gasteiger partial charge in [-0.15, -0.1) is 0 Å². The van der Waals surface area contributed by atoms with Crippen molar-refractivity contribution in [2.24, 2.45) is 0 Å². The molecule has 2 N–H and O–H groups in total. The van der Waals surface area contributed by atoms with Crippen LogP contribution in [0.3, 0.4) is 0 Å². The number of aliphatic carboxylic acids is 2. The fourth-order valence-electron chi connectivity index (χ4n) is 4.53. The molecule has 0 saturated carbocycles. The van der Waals surface area contributed by atoms with Crippen molar-refractivity contribution < 1.29 is 124 Å². The van der Waals surface area contributed by atoms with Crippen LogP contribution in [0.25, 0.3) is 0 Å². The van der Waals surface area contributed by atoms with Gasteiger partial charge in [-0.1, -0.05) is 103 Å². The summed E-state index contributed by atoms with van der Waals surface area (Å²) < 4.78 is 69.0. The molecule has 0 spiro atoms. The number of carboxylic acids is 2. The topological polar surface area (TPSA) is 242 Å². The van der Waals surface area contributed by atoms with Crippen molar-refractivity contribution in [3.63, 3.8) is 0 Å². The number of carbonyl (C=O) groups excluding carboxylic acids is 4. The maximum atomic E-state index is 11.1. The molecule has 0 aromatic heterocycles. The van der Waals surface area contributed by atoms with Gasteiger partial charge in [0.2, 0.25) is 0 Å². The van der Waals surface area contributed by atoms with Crippen LogP contribution in [0, 0.1) is 0 Å². The molecule has 0 rings (SSSR count). The van der Waals surface area contributed by atoms with Gasteiger partial charge in [0.15, 0.2) is 0 Å². The third kappa shape index (κ3) is 54.5. The zero-order chi connectivity index (χ0) is 36.5. The molecule has 284 valence electrons. The Bertz CT molecular complexity index is 987.